The fraction of sp³-hybridized carbons (Fsp3) is 0.235. The lowest BCUT2D eigenvalue weighted by molar-refractivity contribution is -0.195. The first-order valence-electron chi connectivity index (χ1n) is 8.05. The number of thiophene rings is 1. The highest BCUT2D eigenvalue weighted by molar-refractivity contribution is 7.89. The molecule has 27 heavy (non-hydrogen) atoms. The summed E-state index contributed by atoms with van der Waals surface area (Å²) in [5, 5.41) is 4.14. The molecule has 10 heteroatoms. The van der Waals surface area contributed by atoms with Crippen molar-refractivity contribution in [3.05, 3.63) is 52.4 Å². The number of carbonyl (C=O) groups excluding carboxylic acids is 1. The van der Waals surface area contributed by atoms with Crippen LogP contribution in [0.3, 0.4) is 0 Å². The third kappa shape index (κ3) is 3.27. The number of sulfonamides is 1. The first-order chi connectivity index (χ1) is 13.0. The molecule has 0 atom stereocenters. The molecule has 1 aromatic carbocycles. The van der Waals surface area contributed by atoms with Crippen LogP contribution in [0.5, 0.6) is 11.5 Å². The second-order valence-electron chi connectivity index (χ2n) is 5.92. The van der Waals surface area contributed by atoms with Crippen molar-refractivity contribution >= 4 is 27.3 Å². The molecule has 0 fully saturated rings. The van der Waals surface area contributed by atoms with E-state index in [1.165, 1.54) is 29.0 Å². The van der Waals surface area contributed by atoms with Crippen molar-refractivity contribution in [1.82, 2.24) is 9.59 Å². The van der Waals surface area contributed by atoms with E-state index in [2.05, 4.69) is 0 Å². The molecule has 2 aromatic rings. The molecule has 2 aliphatic heterocycles. The van der Waals surface area contributed by atoms with E-state index >= 15 is 0 Å². The summed E-state index contributed by atoms with van der Waals surface area (Å²) < 4.78 is 37.4. The molecule has 0 radical (unpaired) electrons. The number of aryl methyl sites for hydroxylation is 1. The average molecular weight is 408 g/mol. The zero-order chi connectivity index (χ0) is 19.0. The highest BCUT2D eigenvalue weighted by Crippen LogP contribution is 2.35. The summed E-state index contributed by atoms with van der Waals surface area (Å²) in [6.45, 7) is 2.10. The standard InChI is InChI=1S/C17H16N2O6S2/c1-12-7-15-16(24-11-23-15)8-13(12)9-17(20)19(18-4-2-5-25-18)27(21,22)14-3-6-26-10-14/h2-3,5-8,10H,4,9,11H2,1H3. The second-order valence-corrected chi connectivity index (χ2v) is 8.47. The Morgan fingerprint density at radius 3 is 2.74 bits per heavy atom. The molecule has 142 valence electrons. The number of hydrogen-bond donors (Lipinski definition) is 0. The van der Waals surface area contributed by atoms with Gasteiger partial charge < -0.3 is 14.3 Å². The van der Waals surface area contributed by atoms with Gasteiger partial charge in [-0.1, -0.05) is 0 Å². The Morgan fingerprint density at radius 1 is 1.30 bits per heavy atom. The van der Waals surface area contributed by atoms with Gasteiger partial charge in [-0.3, -0.25) is 4.79 Å². The number of fused-ring (bicyclic) bond motifs is 1. The molecule has 3 heterocycles. The van der Waals surface area contributed by atoms with Crippen LogP contribution in [0.4, 0.5) is 0 Å². The van der Waals surface area contributed by atoms with E-state index in [0.29, 0.717) is 21.5 Å². The van der Waals surface area contributed by atoms with E-state index in [9.17, 15) is 13.2 Å². The topological polar surface area (TPSA) is 85.4 Å². The fourth-order valence-corrected chi connectivity index (χ4v) is 5.16. The molecule has 0 N–H and O–H groups in total. The maximum atomic E-state index is 13.0. The summed E-state index contributed by atoms with van der Waals surface area (Å²) in [5.41, 5.74) is 1.46. The molecule has 0 saturated carbocycles. The Morgan fingerprint density at radius 2 is 2.07 bits per heavy atom. The Balaban J connectivity index is 1.66. The Kier molecular flexibility index (Phi) is 4.54. The van der Waals surface area contributed by atoms with E-state index in [1.54, 1.807) is 23.6 Å². The van der Waals surface area contributed by atoms with Gasteiger partial charge >= 0.3 is 0 Å². The number of nitrogens with zero attached hydrogens (tertiary/aromatic N) is 2. The molecule has 2 aliphatic rings. The summed E-state index contributed by atoms with van der Waals surface area (Å²) in [4.78, 5) is 18.3. The molecular formula is C17H16N2O6S2. The smallest absolute Gasteiger partial charge is 0.283 e. The zero-order valence-electron chi connectivity index (χ0n) is 14.3. The number of hydrogen-bond acceptors (Lipinski definition) is 8. The van der Waals surface area contributed by atoms with Crippen LogP contribution in [-0.4, -0.2) is 37.2 Å². The van der Waals surface area contributed by atoms with Crippen LogP contribution < -0.4 is 9.47 Å². The van der Waals surface area contributed by atoms with Crippen molar-refractivity contribution < 1.29 is 27.5 Å². The van der Waals surface area contributed by atoms with Crippen molar-refractivity contribution in [3.8, 4) is 11.5 Å². The minimum Gasteiger partial charge on any atom is -0.454 e. The summed E-state index contributed by atoms with van der Waals surface area (Å²) in [5.74, 6) is 0.514. The third-order valence-electron chi connectivity index (χ3n) is 4.15. The quantitative estimate of drug-likeness (QED) is 0.750. The lowest BCUT2D eigenvalue weighted by atomic mass is 10.0. The van der Waals surface area contributed by atoms with Gasteiger partial charge in [0.2, 0.25) is 6.79 Å². The molecule has 0 bridgehead atoms. The maximum absolute atomic E-state index is 13.0. The number of hydroxylamine groups is 1. The monoisotopic (exact) mass is 408 g/mol. The highest BCUT2D eigenvalue weighted by atomic mass is 32.2. The predicted molar refractivity (Wildman–Crippen MR) is 96.3 cm³/mol. The lowest BCUT2D eigenvalue weighted by Crippen LogP contribution is -2.48. The number of hydrazine groups is 1. The van der Waals surface area contributed by atoms with Gasteiger partial charge in [-0.25, -0.2) is 0 Å². The van der Waals surface area contributed by atoms with Gasteiger partial charge in [0, 0.05) is 5.38 Å². The zero-order valence-corrected chi connectivity index (χ0v) is 16.0. The normalized spacial score (nSPS) is 15.7. The molecule has 0 unspecified atom stereocenters. The molecule has 0 saturated heterocycles. The summed E-state index contributed by atoms with van der Waals surface area (Å²) in [6, 6.07) is 4.93. The van der Waals surface area contributed by atoms with Crippen molar-refractivity contribution in [2.75, 3.05) is 13.3 Å². The maximum Gasteiger partial charge on any atom is 0.283 e. The van der Waals surface area contributed by atoms with Crippen molar-refractivity contribution in [1.29, 1.82) is 0 Å². The molecule has 1 amide bonds. The minimum absolute atomic E-state index is 0.0405. The van der Waals surface area contributed by atoms with E-state index in [-0.39, 0.29) is 24.7 Å². The summed E-state index contributed by atoms with van der Waals surface area (Å²) in [6.07, 6.45) is 2.83. The Hall–Kier alpha value is -2.56. The van der Waals surface area contributed by atoms with Crippen molar-refractivity contribution in [3.63, 3.8) is 0 Å². The Bertz CT molecular complexity index is 993. The van der Waals surface area contributed by atoms with Gasteiger partial charge in [0.15, 0.2) is 11.5 Å². The van der Waals surface area contributed by atoms with E-state index < -0.39 is 15.9 Å². The molecule has 0 spiro atoms. The first kappa shape index (κ1) is 17.8. The number of ether oxygens (including phenoxy) is 2. The van der Waals surface area contributed by atoms with Crippen LogP contribution in [0.25, 0.3) is 0 Å². The number of benzene rings is 1. The SMILES string of the molecule is Cc1cc2c(cc1CC(=O)N(N1CC=CO1)S(=O)(=O)c1ccsc1)OCO2. The largest absolute Gasteiger partial charge is 0.454 e. The number of rotatable bonds is 5. The third-order valence-corrected chi connectivity index (χ3v) is 6.67. The van der Waals surface area contributed by atoms with Gasteiger partial charge in [-0.15, -0.1) is 4.41 Å². The minimum atomic E-state index is -4.09. The number of amides is 1. The van der Waals surface area contributed by atoms with Gasteiger partial charge in [-0.2, -0.15) is 19.8 Å². The lowest BCUT2D eigenvalue weighted by Gasteiger charge is -2.28. The van der Waals surface area contributed by atoms with Crippen LogP contribution in [-0.2, 0) is 26.1 Å². The number of carbonyl (C=O) groups is 1. The fourth-order valence-electron chi connectivity index (χ4n) is 2.79. The van der Waals surface area contributed by atoms with Gasteiger partial charge in [0.05, 0.1) is 17.9 Å². The van der Waals surface area contributed by atoms with Crippen molar-refractivity contribution in [2.24, 2.45) is 0 Å². The van der Waals surface area contributed by atoms with Crippen LogP contribution >= 0.6 is 11.3 Å². The van der Waals surface area contributed by atoms with E-state index in [0.717, 1.165) is 10.7 Å². The van der Waals surface area contributed by atoms with Gasteiger partial charge in [0.25, 0.3) is 15.9 Å². The highest BCUT2D eigenvalue weighted by Gasteiger charge is 2.37. The predicted octanol–water partition coefficient (Wildman–Crippen LogP) is 2.22. The second kappa shape index (κ2) is 6.87. The molecule has 1 aromatic heterocycles. The summed E-state index contributed by atoms with van der Waals surface area (Å²) in [7, 11) is -4.09. The summed E-state index contributed by atoms with van der Waals surface area (Å²) >= 11 is 1.24. The first-order valence-corrected chi connectivity index (χ1v) is 10.4. The van der Waals surface area contributed by atoms with Crippen molar-refractivity contribution in [2.45, 2.75) is 18.2 Å². The van der Waals surface area contributed by atoms with Crippen LogP contribution in [0.2, 0.25) is 0 Å². The molecule has 0 aliphatic carbocycles. The Labute approximate surface area is 160 Å². The molecular weight excluding hydrogens is 392 g/mol. The van der Waals surface area contributed by atoms with Gasteiger partial charge in [0.1, 0.15) is 6.26 Å². The van der Waals surface area contributed by atoms with Crippen LogP contribution in [0.15, 0.2) is 46.2 Å². The van der Waals surface area contributed by atoms with Crippen LogP contribution in [0.1, 0.15) is 11.1 Å². The van der Waals surface area contributed by atoms with E-state index in [1.807, 2.05) is 6.92 Å². The molecule has 4 rings (SSSR count). The average Bonchev–Trinajstić information content (AvgIpc) is 3.37. The van der Waals surface area contributed by atoms with Crippen LogP contribution in [0, 0.1) is 6.92 Å². The molecule has 8 nitrogen and oxygen atoms in total. The van der Waals surface area contributed by atoms with E-state index in [4.69, 9.17) is 14.3 Å². The van der Waals surface area contributed by atoms with Gasteiger partial charge in [-0.05, 0) is 52.9 Å².